The van der Waals surface area contributed by atoms with Crippen LogP contribution >= 0.6 is 0 Å². The summed E-state index contributed by atoms with van der Waals surface area (Å²) in [6.45, 7) is 11.4. The lowest BCUT2D eigenvalue weighted by molar-refractivity contribution is 0.252. The molecule has 0 saturated heterocycles. The van der Waals surface area contributed by atoms with Crippen molar-refractivity contribution in [2.75, 3.05) is 6.54 Å². The third-order valence-corrected chi connectivity index (χ3v) is 4.42. The molecule has 0 aromatic heterocycles. The minimum absolute atomic E-state index is 0.394. The molecular formula is C17H27N. The molecule has 1 aliphatic carbocycles. The van der Waals surface area contributed by atoms with Crippen molar-refractivity contribution in [2.24, 2.45) is 11.3 Å². The summed E-state index contributed by atoms with van der Waals surface area (Å²) in [6, 6.07) is 7.02. The Kier molecular flexibility index (Phi) is 4.11. The average molecular weight is 245 g/mol. The van der Waals surface area contributed by atoms with Crippen molar-refractivity contribution in [3.63, 3.8) is 0 Å². The molecule has 18 heavy (non-hydrogen) atoms. The maximum Gasteiger partial charge on any atom is 0.0205 e. The molecule has 100 valence electrons. The van der Waals surface area contributed by atoms with E-state index in [1.165, 1.54) is 24.8 Å². The number of aryl methyl sites for hydroxylation is 2. The summed E-state index contributed by atoms with van der Waals surface area (Å²) in [5.74, 6) is 0.701. The summed E-state index contributed by atoms with van der Waals surface area (Å²) in [4.78, 5) is 0. The highest BCUT2D eigenvalue weighted by Crippen LogP contribution is 2.25. The van der Waals surface area contributed by atoms with Gasteiger partial charge in [0.05, 0.1) is 0 Å². The fourth-order valence-electron chi connectivity index (χ4n) is 2.47. The lowest BCUT2D eigenvalue weighted by Gasteiger charge is -2.27. The van der Waals surface area contributed by atoms with Gasteiger partial charge < -0.3 is 5.32 Å². The molecule has 0 spiro atoms. The lowest BCUT2D eigenvalue weighted by atomic mass is 9.82. The standard InChI is InChI=1S/C17H27N/c1-13(17(2,3)4)11-18-12-14-8-9-15-6-5-7-16(15)10-14/h8-10,13,18H,5-7,11-12H2,1-4H3. The van der Waals surface area contributed by atoms with E-state index in [0.29, 0.717) is 11.3 Å². The Labute approximate surface area is 112 Å². The quantitative estimate of drug-likeness (QED) is 0.847. The van der Waals surface area contributed by atoms with E-state index in [2.05, 4.69) is 51.2 Å². The van der Waals surface area contributed by atoms with Crippen LogP contribution in [0.2, 0.25) is 0 Å². The van der Waals surface area contributed by atoms with Crippen molar-refractivity contribution in [1.29, 1.82) is 0 Å². The van der Waals surface area contributed by atoms with Crippen LogP contribution < -0.4 is 5.32 Å². The van der Waals surface area contributed by atoms with Gasteiger partial charge in [0.1, 0.15) is 0 Å². The molecule has 1 aliphatic rings. The van der Waals surface area contributed by atoms with Crippen LogP contribution in [0.15, 0.2) is 18.2 Å². The molecule has 1 aromatic rings. The predicted octanol–water partition coefficient (Wildman–Crippen LogP) is 3.95. The Bertz CT molecular complexity index is 401. The van der Waals surface area contributed by atoms with Crippen molar-refractivity contribution >= 4 is 0 Å². The highest BCUT2D eigenvalue weighted by atomic mass is 14.9. The fourth-order valence-corrected chi connectivity index (χ4v) is 2.47. The summed E-state index contributed by atoms with van der Waals surface area (Å²) >= 11 is 0. The van der Waals surface area contributed by atoms with Crippen molar-refractivity contribution in [3.05, 3.63) is 34.9 Å². The predicted molar refractivity (Wildman–Crippen MR) is 78.8 cm³/mol. The van der Waals surface area contributed by atoms with Gasteiger partial charge in [0, 0.05) is 6.54 Å². The number of fused-ring (bicyclic) bond motifs is 1. The van der Waals surface area contributed by atoms with E-state index >= 15 is 0 Å². The molecule has 0 heterocycles. The zero-order chi connectivity index (χ0) is 13.2. The number of nitrogens with one attached hydrogen (secondary N) is 1. The zero-order valence-corrected chi connectivity index (χ0v) is 12.3. The Hall–Kier alpha value is -0.820. The van der Waals surface area contributed by atoms with Crippen molar-refractivity contribution in [1.82, 2.24) is 5.32 Å². The molecule has 0 bridgehead atoms. The molecule has 1 aromatic carbocycles. The third kappa shape index (κ3) is 3.35. The van der Waals surface area contributed by atoms with Crippen LogP contribution in [-0.4, -0.2) is 6.54 Å². The third-order valence-electron chi connectivity index (χ3n) is 4.42. The second kappa shape index (κ2) is 5.44. The smallest absolute Gasteiger partial charge is 0.0205 e. The normalized spacial score (nSPS) is 16.7. The molecule has 0 saturated carbocycles. The van der Waals surface area contributed by atoms with Gasteiger partial charge in [-0.15, -0.1) is 0 Å². The summed E-state index contributed by atoms with van der Waals surface area (Å²) in [6.07, 6.45) is 3.90. The first-order chi connectivity index (χ1) is 8.47. The molecule has 0 amide bonds. The summed E-state index contributed by atoms with van der Waals surface area (Å²) < 4.78 is 0. The molecule has 1 unspecified atom stereocenters. The number of hydrogen-bond donors (Lipinski definition) is 1. The number of benzene rings is 1. The maximum absolute atomic E-state index is 3.60. The Morgan fingerprint density at radius 3 is 2.61 bits per heavy atom. The van der Waals surface area contributed by atoms with Gasteiger partial charge in [0.2, 0.25) is 0 Å². The lowest BCUT2D eigenvalue weighted by Crippen LogP contribution is -2.29. The molecule has 1 heteroatoms. The van der Waals surface area contributed by atoms with Gasteiger partial charge >= 0.3 is 0 Å². The van der Waals surface area contributed by atoms with Crippen LogP contribution in [0, 0.1) is 11.3 Å². The van der Waals surface area contributed by atoms with Crippen LogP contribution in [0.25, 0.3) is 0 Å². The molecule has 0 fully saturated rings. The van der Waals surface area contributed by atoms with E-state index < -0.39 is 0 Å². The van der Waals surface area contributed by atoms with Crippen molar-refractivity contribution < 1.29 is 0 Å². The first-order valence-electron chi connectivity index (χ1n) is 7.28. The van der Waals surface area contributed by atoms with Crippen molar-refractivity contribution in [3.8, 4) is 0 Å². The van der Waals surface area contributed by atoms with E-state index in [0.717, 1.165) is 13.1 Å². The first kappa shape index (κ1) is 13.6. The number of rotatable bonds is 4. The van der Waals surface area contributed by atoms with E-state index in [1.807, 2.05) is 0 Å². The second-order valence-corrected chi connectivity index (χ2v) is 6.85. The average Bonchev–Trinajstić information content (AvgIpc) is 2.74. The van der Waals surface area contributed by atoms with Crippen LogP contribution in [0.1, 0.15) is 50.8 Å². The molecule has 1 N–H and O–H groups in total. The molecule has 1 nitrogen and oxygen atoms in total. The van der Waals surface area contributed by atoms with E-state index in [1.54, 1.807) is 11.1 Å². The van der Waals surface area contributed by atoms with E-state index in [9.17, 15) is 0 Å². The van der Waals surface area contributed by atoms with Gasteiger partial charge in [-0.25, -0.2) is 0 Å². The summed E-state index contributed by atoms with van der Waals surface area (Å²) in [5.41, 5.74) is 4.99. The molecule has 0 radical (unpaired) electrons. The summed E-state index contributed by atoms with van der Waals surface area (Å²) in [7, 11) is 0. The van der Waals surface area contributed by atoms with E-state index in [-0.39, 0.29) is 0 Å². The Morgan fingerprint density at radius 2 is 1.89 bits per heavy atom. The molecular weight excluding hydrogens is 218 g/mol. The monoisotopic (exact) mass is 245 g/mol. The number of hydrogen-bond acceptors (Lipinski definition) is 1. The first-order valence-corrected chi connectivity index (χ1v) is 7.28. The highest BCUT2D eigenvalue weighted by molar-refractivity contribution is 5.35. The van der Waals surface area contributed by atoms with Gasteiger partial charge in [-0.05, 0) is 53.8 Å². The van der Waals surface area contributed by atoms with Crippen LogP contribution in [0.3, 0.4) is 0 Å². The zero-order valence-electron chi connectivity index (χ0n) is 12.3. The Balaban J connectivity index is 1.84. The molecule has 2 rings (SSSR count). The topological polar surface area (TPSA) is 12.0 Å². The SMILES string of the molecule is CC(CNCc1ccc2c(c1)CCC2)C(C)(C)C. The summed E-state index contributed by atoms with van der Waals surface area (Å²) in [5, 5.41) is 3.60. The van der Waals surface area contributed by atoms with Crippen molar-refractivity contribution in [2.45, 2.75) is 53.5 Å². The van der Waals surface area contributed by atoms with Gasteiger partial charge in [0.25, 0.3) is 0 Å². The second-order valence-electron chi connectivity index (χ2n) is 6.85. The largest absolute Gasteiger partial charge is 0.312 e. The minimum Gasteiger partial charge on any atom is -0.312 e. The van der Waals surface area contributed by atoms with E-state index in [4.69, 9.17) is 0 Å². The fraction of sp³-hybridized carbons (Fsp3) is 0.647. The van der Waals surface area contributed by atoms with Gasteiger partial charge in [0.15, 0.2) is 0 Å². The van der Waals surface area contributed by atoms with Gasteiger partial charge in [-0.2, -0.15) is 0 Å². The molecule has 1 atom stereocenters. The molecule has 0 aliphatic heterocycles. The van der Waals surface area contributed by atoms with Gasteiger partial charge in [-0.1, -0.05) is 45.9 Å². The Morgan fingerprint density at radius 1 is 1.17 bits per heavy atom. The maximum atomic E-state index is 3.60. The van der Waals surface area contributed by atoms with Crippen LogP contribution in [-0.2, 0) is 19.4 Å². The van der Waals surface area contributed by atoms with Crippen LogP contribution in [0.4, 0.5) is 0 Å². The minimum atomic E-state index is 0.394. The van der Waals surface area contributed by atoms with Crippen LogP contribution in [0.5, 0.6) is 0 Å². The van der Waals surface area contributed by atoms with Gasteiger partial charge in [-0.3, -0.25) is 0 Å². The highest BCUT2D eigenvalue weighted by Gasteiger charge is 2.19.